The van der Waals surface area contributed by atoms with Crippen LogP contribution in [0.15, 0.2) is 48.9 Å². The molecule has 0 aliphatic carbocycles. The summed E-state index contributed by atoms with van der Waals surface area (Å²) in [4.78, 5) is 21.6. The lowest BCUT2D eigenvalue weighted by Crippen LogP contribution is -2.41. The lowest BCUT2D eigenvalue weighted by Gasteiger charge is -2.30. The lowest BCUT2D eigenvalue weighted by atomic mass is 9.92. The maximum absolute atomic E-state index is 11.3. The molecule has 5 N–H and O–H groups in total. The van der Waals surface area contributed by atoms with Gasteiger partial charge in [-0.3, -0.25) is 15.4 Å². The first kappa shape index (κ1) is 24.8. The fraction of sp³-hybridized carbons (Fsp3) is 0.280. The van der Waals surface area contributed by atoms with Crippen LogP contribution in [0.25, 0.3) is 0 Å². The number of carbonyl (C=O) groups is 1. The van der Waals surface area contributed by atoms with Gasteiger partial charge >= 0.3 is 6.03 Å². The van der Waals surface area contributed by atoms with Crippen molar-refractivity contribution < 1.29 is 9.53 Å². The molecule has 0 radical (unpaired) electrons. The minimum absolute atomic E-state index is 0.239. The number of nitrogens with one attached hydrogen (secondary N) is 1. The number of aromatic nitrogens is 2. The Balaban J connectivity index is 1.49. The van der Waals surface area contributed by atoms with Crippen molar-refractivity contribution in [3.05, 3.63) is 81.4 Å². The van der Waals surface area contributed by atoms with Gasteiger partial charge in [-0.25, -0.2) is 4.79 Å². The molecule has 182 valence electrons. The van der Waals surface area contributed by atoms with E-state index in [9.17, 15) is 4.79 Å². The number of rotatable bonds is 6. The summed E-state index contributed by atoms with van der Waals surface area (Å²) in [5, 5.41) is 9.56. The quantitative estimate of drug-likeness (QED) is 0.309. The first-order chi connectivity index (χ1) is 16.7. The lowest BCUT2D eigenvalue weighted by molar-refractivity contribution is 0.190. The highest BCUT2D eigenvalue weighted by atomic mass is 35.5. The Morgan fingerprint density at radius 2 is 1.83 bits per heavy atom. The Labute approximate surface area is 213 Å². The van der Waals surface area contributed by atoms with Gasteiger partial charge in [-0.15, -0.1) is 0 Å². The molecular weight excluding hydrogens is 487 g/mol. The van der Waals surface area contributed by atoms with Crippen LogP contribution in [-0.4, -0.2) is 39.7 Å². The van der Waals surface area contributed by atoms with E-state index in [0.29, 0.717) is 51.3 Å². The Morgan fingerprint density at radius 1 is 1.14 bits per heavy atom. The molecule has 1 atom stereocenters. The number of ether oxygens (including phenoxy) is 1. The second kappa shape index (κ2) is 10.5. The van der Waals surface area contributed by atoms with Gasteiger partial charge in [0.2, 0.25) is 0 Å². The molecule has 1 saturated heterocycles. The average molecular weight is 513 g/mol. The number of hydrogen-bond donors (Lipinski definition) is 3. The molecule has 35 heavy (non-hydrogen) atoms. The van der Waals surface area contributed by atoms with E-state index in [0.717, 1.165) is 18.5 Å². The molecule has 3 heterocycles. The molecule has 8 nitrogen and oxygen atoms in total. The highest BCUT2D eigenvalue weighted by Gasteiger charge is 2.23. The van der Waals surface area contributed by atoms with Crippen molar-refractivity contribution >= 4 is 40.6 Å². The van der Waals surface area contributed by atoms with Crippen LogP contribution in [0.4, 0.5) is 10.5 Å². The fourth-order valence-corrected chi connectivity index (χ4v) is 4.92. The predicted molar refractivity (Wildman–Crippen MR) is 137 cm³/mol. The smallest absolute Gasteiger partial charge is 0.314 e. The molecule has 3 aromatic rings. The third-order valence-corrected chi connectivity index (χ3v) is 6.81. The van der Waals surface area contributed by atoms with Crippen LogP contribution >= 0.6 is 23.2 Å². The van der Waals surface area contributed by atoms with Crippen LogP contribution in [0, 0.1) is 5.41 Å². The maximum Gasteiger partial charge on any atom is 0.314 e. The van der Waals surface area contributed by atoms with E-state index in [-0.39, 0.29) is 17.7 Å². The SMILES string of the molecule is C[C@@H](Oc1ccc(N)c(C(=N)c2ccc(C3CCN(C(N)=O)CC3)nc2)c1)c1c(Cl)cncc1Cl. The molecular formula is C25H26Cl2N6O2. The van der Waals surface area contributed by atoms with Gasteiger partial charge in [0.05, 0.1) is 15.8 Å². The van der Waals surface area contributed by atoms with Crippen LogP contribution < -0.4 is 16.2 Å². The van der Waals surface area contributed by atoms with E-state index in [1.165, 1.54) is 12.4 Å². The molecule has 1 fully saturated rings. The number of hydrogen-bond acceptors (Lipinski definition) is 6. The molecule has 0 unspecified atom stereocenters. The van der Waals surface area contributed by atoms with E-state index in [2.05, 4.69) is 9.97 Å². The minimum atomic E-state index is -0.439. The van der Waals surface area contributed by atoms with Crippen LogP contribution in [0.5, 0.6) is 5.75 Å². The van der Waals surface area contributed by atoms with Gasteiger partial charge in [0, 0.05) is 65.7 Å². The number of halogens is 2. The number of likely N-dealkylation sites (tertiary alicyclic amines) is 1. The van der Waals surface area contributed by atoms with Crippen molar-refractivity contribution in [2.45, 2.75) is 31.8 Å². The number of anilines is 1. The van der Waals surface area contributed by atoms with Gasteiger partial charge in [-0.05, 0) is 50.1 Å². The van der Waals surface area contributed by atoms with Gasteiger partial charge in [0.15, 0.2) is 0 Å². The molecule has 10 heteroatoms. The Hall–Kier alpha value is -3.36. The summed E-state index contributed by atoms with van der Waals surface area (Å²) in [5.41, 5.74) is 15.0. The normalized spacial score (nSPS) is 15.0. The van der Waals surface area contributed by atoms with Gasteiger partial charge in [-0.2, -0.15) is 0 Å². The van der Waals surface area contributed by atoms with Crippen molar-refractivity contribution in [1.82, 2.24) is 14.9 Å². The molecule has 1 aliphatic rings. The van der Waals surface area contributed by atoms with Crippen molar-refractivity contribution in [2.24, 2.45) is 5.73 Å². The first-order valence-corrected chi connectivity index (χ1v) is 11.9. The molecule has 2 amide bonds. The van der Waals surface area contributed by atoms with Crippen LogP contribution in [0.2, 0.25) is 10.0 Å². The van der Waals surface area contributed by atoms with Crippen molar-refractivity contribution in [1.29, 1.82) is 5.41 Å². The third-order valence-electron chi connectivity index (χ3n) is 6.20. The summed E-state index contributed by atoms with van der Waals surface area (Å²) in [7, 11) is 0. The standard InChI is InChI=1S/C25H26Cl2N6O2/c1-14(23-19(26)12-31-13-20(23)27)35-17-3-4-21(28)18(10-17)24(29)16-2-5-22(32-11-16)15-6-8-33(9-7-15)25(30)34/h2-5,10-15,29H,6-9,28H2,1H3,(H2,30,34)/t14-/m1/s1. The molecule has 0 bridgehead atoms. The van der Waals surface area contributed by atoms with Gasteiger partial charge in [-0.1, -0.05) is 23.2 Å². The molecule has 2 aromatic heterocycles. The minimum Gasteiger partial charge on any atom is -0.486 e. The topological polar surface area (TPSA) is 131 Å². The van der Waals surface area contributed by atoms with Gasteiger partial charge in [0.25, 0.3) is 0 Å². The Kier molecular flexibility index (Phi) is 7.42. The van der Waals surface area contributed by atoms with E-state index in [1.807, 2.05) is 19.1 Å². The zero-order valence-corrected chi connectivity index (χ0v) is 20.7. The van der Waals surface area contributed by atoms with Crippen LogP contribution in [0.3, 0.4) is 0 Å². The summed E-state index contributed by atoms with van der Waals surface area (Å²) in [6, 6.07) is 8.59. The second-order valence-corrected chi connectivity index (χ2v) is 9.29. The van der Waals surface area contributed by atoms with Gasteiger partial charge in [0.1, 0.15) is 11.9 Å². The van der Waals surface area contributed by atoms with Crippen LogP contribution in [0.1, 0.15) is 54.2 Å². The molecule has 0 spiro atoms. The number of nitrogens with two attached hydrogens (primary N) is 2. The number of benzene rings is 1. The number of primary amides is 1. The first-order valence-electron chi connectivity index (χ1n) is 11.2. The zero-order chi connectivity index (χ0) is 25.1. The average Bonchev–Trinajstić information content (AvgIpc) is 2.85. The Bertz CT molecular complexity index is 1220. The van der Waals surface area contributed by atoms with Crippen molar-refractivity contribution in [3.63, 3.8) is 0 Å². The number of pyridine rings is 2. The summed E-state index contributed by atoms with van der Waals surface area (Å²) in [5.74, 6) is 0.783. The predicted octanol–water partition coefficient (Wildman–Crippen LogP) is 5.18. The molecule has 1 aliphatic heterocycles. The maximum atomic E-state index is 11.3. The van der Waals surface area contributed by atoms with E-state index in [1.54, 1.807) is 29.3 Å². The van der Waals surface area contributed by atoms with Crippen molar-refractivity contribution in [3.8, 4) is 5.75 Å². The highest BCUT2D eigenvalue weighted by Crippen LogP contribution is 2.33. The number of amides is 2. The van der Waals surface area contributed by atoms with Crippen molar-refractivity contribution in [2.75, 3.05) is 18.8 Å². The number of nitrogens with zero attached hydrogens (tertiary/aromatic N) is 3. The fourth-order valence-electron chi connectivity index (χ4n) is 4.24. The summed E-state index contributed by atoms with van der Waals surface area (Å²) >= 11 is 12.5. The number of piperidine rings is 1. The zero-order valence-electron chi connectivity index (χ0n) is 19.2. The summed E-state index contributed by atoms with van der Waals surface area (Å²) in [6.07, 6.45) is 5.90. The number of urea groups is 1. The molecule has 1 aromatic carbocycles. The van der Waals surface area contributed by atoms with E-state index in [4.69, 9.17) is 44.8 Å². The van der Waals surface area contributed by atoms with E-state index < -0.39 is 6.10 Å². The van der Waals surface area contributed by atoms with Crippen LogP contribution in [-0.2, 0) is 0 Å². The third kappa shape index (κ3) is 5.49. The van der Waals surface area contributed by atoms with Gasteiger partial charge < -0.3 is 21.1 Å². The summed E-state index contributed by atoms with van der Waals surface area (Å²) in [6.45, 7) is 3.08. The molecule has 4 rings (SSSR count). The van der Waals surface area contributed by atoms with E-state index >= 15 is 0 Å². The number of nitrogen functional groups attached to an aromatic ring is 1. The Morgan fingerprint density at radius 3 is 2.43 bits per heavy atom. The molecule has 0 saturated carbocycles. The highest BCUT2D eigenvalue weighted by molar-refractivity contribution is 6.35. The summed E-state index contributed by atoms with van der Waals surface area (Å²) < 4.78 is 6.07. The monoisotopic (exact) mass is 512 g/mol. The number of carbonyl (C=O) groups excluding carboxylic acids is 1. The second-order valence-electron chi connectivity index (χ2n) is 8.47. The largest absolute Gasteiger partial charge is 0.486 e.